The summed E-state index contributed by atoms with van der Waals surface area (Å²) >= 11 is 0. The number of aromatic nitrogens is 2. The Bertz CT molecular complexity index is 1010. The van der Waals surface area contributed by atoms with Crippen molar-refractivity contribution in [2.24, 2.45) is 5.92 Å². The van der Waals surface area contributed by atoms with Crippen LogP contribution >= 0.6 is 0 Å². The molecule has 3 heterocycles. The van der Waals surface area contributed by atoms with E-state index in [4.69, 9.17) is 4.42 Å². The summed E-state index contributed by atoms with van der Waals surface area (Å²) in [6.45, 7) is 3.81. The van der Waals surface area contributed by atoms with Crippen LogP contribution in [0.3, 0.4) is 0 Å². The lowest BCUT2D eigenvalue weighted by atomic mass is 9.93. The number of piperidine rings is 1. The number of hydrogen-bond donors (Lipinski definition) is 1. The number of anilines is 1. The van der Waals surface area contributed by atoms with Gasteiger partial charge in [-0.05, 0) is 61.8 Å². The number of fused-ring (bicyclic) bond motifs is 1. The molecule has 150 valence electrons. The fraction of sp³-hybridized carbons (Fsp3) is 0.435. The van der Waals surface area contributed by atoms with Crippen LogP contribution in [0.4, 0.5) is 6.01 Å². The van der Waals surface area contributed by atoms with E-state index in [1.165, 1.54) is 11.1 Å². The topological polar surface area (TPSA) is 71.3 Å². The SMILES string of the molecule is Cc1ccccc1C1(NC(=O)CC2CCCN(c3nc4ncccc4o3)C2)CC1. The molecule has 6 nitrogen and oxygen atoms in total. The van der Waals surface area contributed by atoms with Gasteiger partial charge in [0.05, 0.1) is 5.54 Å². The molecule has 1 amide bonds. The van der Waals surface area contributed by atoms with Gasteiger partial charge in [0.2, 0.25) is 11.6 Å². The number of oxazole rings is 1. The average Bonchev–Trinajstić information content (AvgIpc) is 3.35. The molecule has 29 heavy (non-hydrogen) atoms. The smallest absolute Gasteiger partial charge is 0.299 e. The first kappa shape index (κ1) is 18.2. The number of hydrogen-bond acceptors (Lipinski definition) is 5. The minimum absolute atomic E-state index is 0.150. The van der Waals surface area contributed by atoms with Gasteiger partial charge in [0.25, 0.3) is 6.01 Å². The van der Waals surface area contributed by atoms with E-state index in [1.807, 2.05) is 12.1 Å². The summed E-state index contributed by atoms with van der Waals surface area (Å²) in [5.74, 6) is 0.455. The van der Waals surface area contributed by atoms with Crippen molar-refractivity contribution in [2.45, 2.75) is 44.6 Å². The van der Waals surface area contributed by atoms with Gasteiger partial charge in [-0.3, -0.25) is 4.79 Å². The number of amides is 1. The van der Waals surface area contributed by atoms with Gasteiger partial charge in [-0.1, -0.05) is 24.3 Å². The molecule has 1 N–H and O–H groups in total. The summed E-state index contributed by atoms with van der Waals surface area (Å²) < 4.78 is 5.87. The summed E-state index contributed by atoms with van der Waals surface area (Å²) in [5.41, 5.74) is 3.70. The zero-order valence-electron chi connectivity index (χ0n) is 16.7. The molecule has 1 atom stereocenters. The zero-order valence-corrected chi connectivity index (χ0v) is 16.7. The first-order chi connectivity index (χ1) is 14.1. The molecular weight excluding hydrogens is 364 g/mol. The fourth-order valence-corrected chi connectivity index (χ4v) is 4.57. The Kier molecular flexibility index (Phi) is 4.49. The second-order valence-corrected chi connectivity index (χ2v) is 8.43. The van der Waals surface area contributed by atoms with E-state index in [0.717, 1.165) is 38.8 Å². The number of carbonyl (C=O) groups excluding carboxylic acids is 1. The molecule has 0 bridgehead atoms. The average molecular weight is 390 g/mol. The van der Waals surface area contributed by atoms with E-state index in [9.17, 15) is 4.79 Å². The molecular formula is C23H26N4O2. The van der Waals surface area contributed by atoms with Gasteiger partial charge in [-0.15, -0.1) is 0 Å². The Morgan fingerprint density at radius 1 is 1.28 bits per heavy atom. The first-order valence-corrected chi connectivity index (χ1v) is 10.5. The third kappa shape index (κ3) is 3.59. The highest BCUT2D eigenvalue weighted by Gasteiger charge is 2.46. The van der Waals surface area contributed by atoms with Crippen molar-refractivity contribution in [2.75, 3.05) is 18.0 Å². The van der Waals surface area contributed by atoms with Gasteiger partial charge in [0, 0.05) is 25.7 Å². The molecule has 5 rings (SSSR count). The molecule has 2 aliphatic rings. The predicted molar refractivity (Wildman–Crippen MR) is 112 cm³/mol. The third-order valence-corrected chi connectivity index (χ3v) is 6.21. The molecule has 2 fully saturated rings. The molecule has 1 aliphatic heterocycles. The number of benzene rings is 1. The van der Waals surface area contributed by atoms with Gasteiger partial charge in [-0.2, -0.15) is 4.98 Å². The molecule has 1 unspecified atom stereocenters. The minimum atomic E-state index is -0.150. The zero-order chi connectivity index (χ0) is 19.8. The largest absolute Gasteiger partial charge is 0.422 e. The normalized spacial score (nSPS) is 20.6. The van der Waals surface area contributed by atoms with E-state index >= 15 is 0 Å². The van der Waals surface area contributed by atoms with Crippen molar-refractivity contribution >= 4 is 23.2 Å². The Hall–Kier alpha value is -2.89. The molecule has 6 heteroatoms. The van der Waals surface area contributed by atoms with Gasteiger partial charge in [0.15, 0.2) is 5.58 Å². The summed E-state index contributed by atoms with van der Waals surface area (Å²) in [4.78, 5) is 23.8. The molecule has 1 aliphatic carbocycles. The minimum Gasteiger partial charge on any atom is -0.422 e. The highest BCUT2D eigenvalue weighted by molar-refractivity contribution is 5.78. The van der Waals surface area contributed by atoms with Crippen molar-refractivity contribution in [1.82, 2.24) is 15.3 Å². The number of carbonyl (C=O) groups is 1. The number of nitrogens with zero attached hydrogens (tertiary/aromatic N) is 3. The Morgan fingerprint density at radius 2 is 2.14 bits per heavy atom. The monoisotopic (exact) mass is 390 g/mol. The number of nitrogens with one attached hydrogen (secondary N) is 1. The van der Waals surface area contributed by atoms with Crippen LogP contribution in [0.5, 0.6) is 0 Å². The summed E-state index contributed by atoms with van der Waals surface area (Å²) in [6.07, 6.45) is 6.40. The van der Waals surface area contributed by atoms with Crippen LogP contribution in [-0.4, -0.2) is 29.0 Å². The number of pyridine rings is 1. The van der Waals surface area contributed by atoms with Gasteiger partial charge >= 0.3 is 0 Å². The van der Waals surface area contributed by atoms with Crippen LogP contribution in [0.1, 0.15) is 43.2 Å². The Labute approximate surface area is 170 Å². The maximum absolute atomic E-state index is 12.9. The molecule has 0 radical (unpaired) electrons. The van der Waals surface area contributed by atoms with Gasteiger partial charge in [0.1, 0.15) is 0 Å². The van der Waals surface area contributed by atoms with Crippen LogP contribution in [0, 0.1) is 12.8 Å². The van der Waals surface area contributed by atoms with Gasteiger partial charge < -0.3 is 14.6 Å². The van der Waals surface area contributed by atoms with E-state index in [-0.39, 0.29) is 11.4 Å². The fourth-order valence-electron chi connectivity index (χ4n) is 4.57. The van der Waals surface area contributed by atoms with Crippen LogP contribution in [0.15, 0.2) is 47.0 Å². The molecule has 1 saturated heterocycles. The lowest BCUT2D eigenvalue weighted by Gasteiger charge is -2.31. The standard InChI is InChI=1S/C23H26N4O2/c1-16-6-2-3-8-18(16)23(10-11-23)26-20(28)14-17-7-5-13-27(15-17)22-25-21-19(29-22)9-4-12-24-21/h2-4,6,8-9,12,17H,5,7,10-11,13-15H2,1H3,(H,26,28). The number of aryl methyl sites for hydroxylation is 1. The van der Waals surface area contributed by atoms with Crippen LogP contribution < -0.4 is 10.2 Å². The quantitative estimate of drug-likeness (QED) is 0.714. The molecule has 0 spiro atoms. The maximum Gasteiger partial charge on any atom is 0.299 e. The summed E-state index contributed by atoms with van der Waals surface area (Å²) in [6, 6.07) is 12.7. The number of rotatable bonds is 5. The summed E-state index contributed by atoms with van der Waals surface area (Å²) in [7, 11) is 0. The summed E-state index contributed by atoms with van der Waals surface area (Å²) in [5, 5.41) is 3.34. The molecule has 2 aromatic heterocycles. The van der Waals surface area contributed by atoms with E-state index < -0.39 is 0 Å². The van der Waals surface area contributed by atoms with E-state index in [1.54, 1.807) is 6.20 Å². The second-order valence-electron chi connectivity index (χ2n) is 8.43. The lowest BCUT2D eigenvalue weighted by molar-refractivity contribution is -0.123. The second kappa shape index (κ2) is 7.17. The van der Waals surface area contributed by atoms with E-state index in [2.05, 4.69) is 51.4 Å². The van der Waals surface area contributed by atoms with Crippen LogP contribution in [0.25, 0.3) is 11.2 Å². The Morgan fingerprint density at radius 3 is 2.93 bits per heavy atom. The van der Waals surface area contributed by atoms with Crippen LogP contribution in [0.2, 0.25) is 0 Å². The predicted octanol–water partition coefficient (Wildman–Crippen LogP) is 3.94. The molecule has 1 aromatic carbocycles. The Balaban J connectivity index is 1.24. The first-order valence-electron chi connectivity index (χ1n) is 10.5. The lowest BCUT2D eigenvalue weighted by Crippen LogP contribution is -2.40. The van der Waals surface area contributed by atoms with Crippen molar-refractivity contribution in [3.05, 3.63) is 53.7 Å². The van der Waals surface area contributed by atoms with Crippen LogP contribution in [-0.2, 0) is 10.3 Å². The van der Waals surface area contributed by atoms with Crippen molar-refractivity contribution in [3.63, 3.8) is 0 Å². The molecule has 1 saturated carbocycles. The van der Waals surface area contributed by atoms with E-state index in [0.29, 0.717) is 29.6 Å². The highest BCUT2D eigenvalue weighted by atomic mass is 16.4. The van der Waals surface area contributed by atoms with Gasteiger partial charge in [-0.25, -0.2) is 4.98 Å². The van der Waals surface area contributed by atoms with Crippen molar-refractivity contribution < 1.29 is 9.21 Å². The maximum atomic E-state index is 12.9. The third-order valence-electron chi connectivity index (χ3n) is 6.21. The van der Waals surface area contributed by atoms with Crippen molar-refractivity contribution in [1.29, 1.82) is 0 Å². The van der Waals surface area contributed by atoms with Crippen molar-refractivity contribution in [3.8, 4) is 0 Å². The molecule has 3 aromatic rings. The highest BCUT2D eigenvalue weighted by Crippen LogP contribution is 2.46.